The van der Waals surface area contributed by atoms with Gasteiger partial charge in [-0.3, -0.25) is 4.79 Å². The summed E-state index contributed by atoms with van der Waals surface area (Å²) in [6, 6.07) is 0.336. The van der Waals surface area contributed by atoms with Gasteiger partial charge < -0.3 is 9.64 Å². The molecule has 3 rings (SSSR count). The standard InChI is InChI=1S/C13H21NO2/c1-2-9-8-16-7-6-14(9)13(15)12-10-4-3-5-11(10)12/h9-12H,2-8H2,1H3. The Morgan fingerprint density at radius 2 is 2.12 bits per heavy atom. The fourth-order valence-corrected chi connectivity index (χ4v) is 3.66. The molecule has 3 fully saturated rings. The zero-order valence-electron chi connectivity index (χ0n) is 10.0. The number of fused-ring (bicyclic) bond motifs is 1. The molecule has 1 saturated heterocycles. The predicted octanol–water partition coefficient (Wildman–Crippen LogP) is 1.67. The molecule has 1 aliphatic heterocycles. The molecule has 16 heavy (non-hydrogen) atoms. The fraction of sp³-hybridized carbons (Fsp3) is 0.923. The Kier molecular flexibility index (Phi) is 2.66. The van der Waals surface area contributed by atoms with Crippen LogP contribution in [0.15, 0.2) is 0 Å². The number of carbonyl (C=O) groups excluding carboxylic acids is 1. The van der Waals surface area contributed by atoms with Crippen molar-refractivity contribution in [3.8, 4) is 0 Å². The number of rotatable bonds is 2. The minimum Gasteiger partial charge on any atom is -0.377 e. The van der Waals surface area contributed by atoms with Crippen LogP contribution in [-0.2, 0) is 9.53 Å². The number of nitrogens with zero attached hydrogens (tertiary/aromatic N) is 1. The van der Waals surface area contributed by atoms with E-state index in [0.717, 1.165) is 38.0 Å². The first-order chi connectivity index (χ1) is 7.83. The quantitative estimate of drug-likeness (QED) is 0.712. The van der Waals surface area contributed by atoms with E-state index in [1.807, 2.05) is 0 Å². The second-order valence-corrected chi connectivity index (χ2v) is 5.45. The molecule has 2 aliphatic carbocycles. The zero-order chi connectivity index (χ0) is 11.1. The molecule has 0 spiro atoms. The van der Waals surface area contributed by atoms with Crippen LogP contribution in [0, 0.1) is 17.8 Å². The van der Waals surface area contributed by atoms with E-state index in [9.17, 15) is 4.79 Å². The van der Waals surface area contributed by atoms with Gasteiger partial charge in [0, 0.05) is 12.5 Å². The Hall–Kier alpha value is -0.570. The van der Waals surface area contributed by atoms with Crippen LogP contribution in [0.3, 0.4) is 0 Å². The molecule has 2 saturated carbocycles. The molecule has 0 aromatic heterocycles. The number of amides is 1. The molecule has 1 amide bonds. The first kappa shape index (κ1) is 10.6. The highest BCUT2D eigenvalue weighted by atomic mass is 16.5. The summed E-state index contributed by atoms with van der Waals surface area (Å²) in [6.07, 6.45) is 4.96. The number of ether oxygens (including phenoxy) is 1. The van der Waals surface area contributed by atoms with Crippen LogP contribution in [-0.4, -0.2) is 36.6 Å². The summed E-state index contributed by atoms with van der Waals surface area (Å²) in [5.74, 6) is 2.31. The van der Waals surface area contributed by atoms with Crippen molar-refractivity contribution < 1.29 is 9.53 Å². The average Bonchev–Trinajstić information content (AvgIpc) is 2.81. The van der Waals surface area contributed by atoms with E-state index in [2.05, 4.69) is 11.8 Å². The van der Waals surface area contributed by atoms with E-state index >= 15 is 0 Å². The molecular weight excluding hydrogens is 202 g/mol. The van der Waals surface area contributed by atoms with Crippen molar-refractivity contribution in [1.82, 2.24) is 4.90 Å². The van der Waals surface area contributed by atoms with Crippen molar-refractivity contribution >= 4 is 5.91 Å². The highest BCUT2D eigenvalue weighted by Crippen LogP contribution is 2.58. The Morgan fingerprint density at radius 3 is 2.81 bits per heavy atom. The van der Waals surface area contributed by atoms with E-state index in [0.29, 0.717) is 17.9 Å². The number of morpholine rings is 1. The van der Waals surface area contributed by atoms with Gasteiger partial charge in [0.25, 0.3) is 0 Å². The van der Waals surface area contributed by atoms with Crippen molar-refractivity contribution in [3.63, 3.8) is 0 Å². The summed E-state index contributed by atoms with van der Waals surface area (Å²) in [6.45, 7) is 4.43. The van der Waals surface area contributed by atoms with E-state index in [-0.39, 0.29) is 0 Å². The second kappa shape index (κ2) is 4.02. The van der Waals surface area contributed by atoms with Crippen LogP contribution in [0.5, 0.6) is 0 Å². The molecule has 1 heterocycles. The smallest absolute Gasteiger partial charge is 0.226 e. The van der Waals surface area contributed by atoms with Gasteiger partial charge in [-0.05, 0) is 31.1 Å². The maximum Gasteiger partial charge on any atom is 0.226 e. The van der Waals surface area contributed by atoms with Crippen LogP contribution in [0.2, 0.25) is 0 Å². The highest BCUT2D eigenvalue weighted by molar-refractivity contribution is 5.83. The molecule has 90 valence electrons. The minimum absolute atomic E-state index is 0.336. The van der Waals surface area contributed by atoms with Crippen LogP contribution in [0.4, 0.5) is 0 Å². The van der Waals surface area contributed by atoms with Crippen LogP contribution >= 0.6 is 0 Å². The SMILES string of the molecule is CCC1COCCN1C(=O)C1C2CCCC21. The number of carbonyl (C=O) groups is 1. The maximum absolute atomic E-state index is 12.4. The molecule has 3 heteroatoms. The lowest BCUT2D eigenvalue weighted by Crippen LogP contribution is -2.49. The Morgan fingerprint density at radius 1 is 1.38 bits per heavy atom. The van der Waals surface area contributed by atoms with Crippen LogP contribution in [0.25, 0.3) is 0 Å². The summed E-state index contributed by atoms with van der Waals surface area (Å²) in [7, 11) is 0. The first-order valence-corrected chi connectivity index (χ1v) is 6.71. The number of hydrogen-bond acceptors (Lipinski definition) is 2. The monoisotopic (exact) mass is 223 g/mol. The summed E-state index contributed by atoms with van der Waals surface area (Å²) >= 11 is 0. The third-order valence-electron chi connectivity index (χ3n) is 4.67. The first-order valence-electron chi connectivity index (χ1n) is 6.71. The third-order valence-corrected chi connectivity index (χ3v) is 4.67. The van der Waals surface area contributed by atoms with E-state index in [1.165, 1.54) is 19.3 Å². The van der Waals surface area contributed by atoms with Crippen molar-refractivity contribution in [1.29, 1.82) is 0 Å². The van der Waals surface area contributed by atoms with Crippen molar-refractivity contribution in [2.75, 3.05) is 19.8 Å². The molecule has 0 aromatic rings. The molecule has 0 radical (unpaired) electrons. The van der Waals surface area contributed by atoms with Gasteiger partial charge in [-0.2, -0.15) is 0 Å². The Balaban J connectivity index is 1.65. The highest BCUT2D eigenvalue weighted by Gasteiger charge is 2.57. The van der Waals surface area contributed by atoms with Gasteiger partial charge >= 0.3 is 0 Å². The van der Waals surface area contributed by atoms with Crippen LogP contribution in [0.1, 0.15) is 32.6 Å². The second-order valence-electron chi connectivity index (χ2n) is 5.45. The lowest BCUT2D eigenvalue weighted by molar-refractivity contribution is -0.142. The van der Waals surface area contributed by atoms with Gasteiger partial charge in [0.2, 0.25) is 5.91 Å². The summed E-state index contributed by atoms with van der Waals surface area (Å²) in [5.41, 5.74) is 0. The molecule has 3 unspecified atom stereocenters. The van der Waals surface area contributed by atoms with Gasteiger partial charge in [-0.15, -0.1) is 0 Å². The van der Waals surface area contributed by atoms with E-state index in [4.69, 9.17) is 4.74 Å². The van der Waals surface area contributed by atoms with Crippen molar-refractivity contribution in [3.05, 3.63) is 0 Å². The molecule has 3 aliphatic rings. The predicted molar refractivity (Wildman–Crippen MR) is 60.9 cm³/mol. The summed E-state index contributed by atoms with van der Waals surface area (Å²) < 4.78 is 5.45. The topological polar surface area (TPSA) is 29.5 Å². The van der Waals surface area contributed by atoms with Gasteiger partial charge in [-0.25, -0.2) is 0 Å². The zero-order valence-corrected chi connectivity index (χ0v) is 10.0. The molecule has 0 bridgehead atoms. The maximum atomic E-state index is 12.4. The third kappa shape index (κ3) is 1.56. The normalized spacial score (nSPS) is 41.9. The van der Waals surface area contributed by atoms with Gasteiger partial charge in [-0.1, -0.05) is 13.3 Å². The van der Waals surface area contributed by atoms with Gasteiger partial charge in [0.05, 0.1) is 19.3 Å². The van der Waals surface area contributed by atoms with Crippen LogP contribution < -0.4 is 0 Å². The summed E-state index contributed by atoms with van der Waals surface area (Å²) in [4.78, 5) is 14.5. The molecule has 3 atom stereocenters. The summed E-state index contributed by atoms with van der Waals surface area (Å²) in [5, 5.41) is 0. The lowest BCUT2D eigenvalue weighted by Gasteiger charge is -2.35. The van der Waals surface area contributed by atoms with E-state index < -0.39 is 0 Å². The fourth-order valence-electron chi connectivity index (χ4n) is 3.66. The molecular formula is C13H21NO2. The molecule has 0 aromatic carbocycles. The lowest BCUT2D eigenvalue weighted by atomic mass is 10.1. The minimum atomic E-state index is 0.336. The number of hydrogen-bond donors (Lipinski definition) is 0. The van der Waals surface area contributed by atoms with Gasteiger partial charge in [0.15, 0.2) is 0 Å². The Labute approximate surface area is 97.1 Å². The Bertz CT molecular complexity index is 282. The van der Waals surface area contributed by atoms with Crippen molar-refractivity contribution in [2.45, 2.75) is 38.6 Å². The molecule has 3 nitrogen and oxygen atoms in total. The molecule has 0 N–H and O–H groups in total. The average molecular weight is 223 g/mol. The van der Waals surface area contributed by atoms with E-state index in [1.54, 1.807) is 0 Å². The van der Waals surface area contributed by atoms with Gasteiger partial charge in [0.1, 0.15) is 0 Å². The van der Waals surface area contributed by atoms with Crippen molar-refractivity contribution in [2.24, 2.45) is 17.8 Å². The largest absolute Gasteiger partial charge is 0.377 e.